The molecular formula is C43H48ClFN10O8. The number of anilines is 4. The van der Waals surface area contributed by atoms with Crippen LogP contribution in [-0.2, 0) is 25.7 Å². The highest BCUT2D eigenvalue weighted by atomic mass is 35.5. The van der Waals surface area contributed by atoms with Crippen LogP contribution in [-0.4, -0.2) is 124 Å². The van der Waals surface area contributed by atoms with Gasteiger partial charge in [0.15, 0.2) is 24.0 Å². The first-order valence-corrected chi connectivity index (χ1v) is 21.3. The van der Waals surface area contributed by atoms with Crippen LogP contribution in [0.25, 0.3) is 10.9 Å². The first-order valence-electron chi connectivity index (χ1n) is 20.9. The first kappa shape index (κ1) is 43.3. The number of piperazine rings is 1. The Morgan fingerprint density at radius 2 is 1.78 bits per heavy atom. The van der Waals surface area contributed by atoms with Crippen molar-refractivity contribution < 1.29 is 38.2 Å². The largest absolute Gasteiger partial charge is 0.478 e. The average molecular weight is 887 g/mol. The summed E-state index contributed by atoms with van der Waals surface area (Å²) in [6, 6.07) is 9.11. The van der Waals surface area contributed by atoms with Crippen LogP contribution >= 0.6 is 11.6 Å². The van der Waals surface area contributed by atoms with Crippen molar-refractivity contribution in [3.63, 3.8) is 0 Å². The monoisotopic (exact) mass is 886 g/mol. The van der Waals surface area contributed by atoms with Gasteiger partial charge in [0.1, 0.15) is 11.1 Å². The highest BCUT2D eigenvalue weighted by molar-refractivity contribution is 6.33. The summed E-state index contributed by atoms with van der Waals surface area (Å²) >= 11 is 6.55. The fraction of sp³-hybridized carbons (Fsp3) is 0.442. The van der Waals surface area contributed by atoms with Crippen molar-refractivity contribution in [3.05, 3.63) is 74.9 Å². The number of likely N-dealkylation sites (N-methyl/N-ethyl adjacent to an activating group) is 1. The molecule has 0 saturated carbocycles. The summed E-state index contributed by atoms with van der Waals surface area (Å²) in [4.78, 5) is 91.7. The summed E-state index contributed by atoms with van der Waals surface area (Å²) in [6.07, 6.45) is 2.14. The van der Waals surface area contributed by atoms with Crippen LogP contribution in [0.2, 0.25) is 5.02 Å². The normalized spacial score (nSPS) is 18.8. The Kier molecular flexibility index (Phi) is 12.0. The Hall–Kier alpha value is -6.34. The minimum absolute atomic E-state index is 0.0447. The van der Waals surface area contributed by atoms with Gasteiger partial charge in [-0.2, -0.15) is 4.98 Å². The van der Waals surface area contributed by atoms with Gasteiger partial charge in [-0.3, -0.25) is 34.1 Å². The van der Waals surface area contributed by atoms with Crippen LogP contribution in [0.4, 0.5) is 27.5 Å². The third-order valence-corrected chi connectivity index (χ3v) is 12.5. The Bertz CT molecular complexity index is 2570. The maximum atomic E-state index is 16.0. The number of pyridine rings is 1. The molecule has 20 heteroatoms. The number of halogens is 2. The molecular weight excluding hydrogens is 839 g/mol. The van der Waals surface area contributed by atoms with E-state index in [1.54, 1.807) is 38.6 Å². The minimum atomic E-state index is -1.29. The first-order chi connectivity index (χ1) is 30.1. The summed E-state index contributed by atoms with van der Waals surface area (Å²) in [5, 5.41) is 20.5. The number of imide groups is 1. The van der Waals surface area contributed by atoms with E-state index in [-0.39, 0.29) is 109 Å². The highest BCUT2D eigenvalue weighted by Crippen LogP contribution is 2.37. The standard InChI is InChI=1S/C43H48ClFN10O8/c1-24(2)55-30-6-4-26(18-25(30)19-33(41(55)61)63-23-35(57)46-3)48-38-29(44)21-47-42(50-38)53-16-14-52(15-17-53)36(58)20-43(62)10-12-51(13-11-43)31-7-5-27-28(37(31)45)22-54(40(27)60)32-8-9-34(56)49-39(32)59/h4-7,18-19,21,24,32,62H,8-17,20,22-23H2,1-3H3,(H,46,57)(H,47,48,50)(H,49,56,59). The molecule has 4 aliphatic heterocycles. The van der Waals surface area contributed by atoms with Crippen molar-refractivity contribution >= 4 is 75.2 Å². The number of aliphatic hydroxyl groups is 1. The molecule has 1 atom stereocenters. The van der Waals surface area contributed by atoms with E-state index in [1.165, 1.54) is 18.1 Å². The van der Waals surface area contributed by atoms with Crippen molar-refractivity contribution in [1.29, 1.82) is 0 Å². The zero-order valence-electron chi connectivity index (χ0n) is 35.1. The molecule has 18 nitrogen and oxygen atoms in total. The molecule has 4 aromatic rings. The van der Waals surface area contributed by atoms with E-state index in [1.807, 2.05) is 30.9 Å². The summed E-state index contributed by atoms with van der Waals surface area (Å²) in [5.74, 6) is -1.74. The van der Waals surface area contributed by atoms with Crippen LogP contribution in [0.5, 0.6) is 5.75 Å². The number of nitrogens with zero attached hydrogens (tertiary/aromatic N) is 7. The number of aromatic nitrogens is 3. The lowest BCUT2D eigenvalue weighted by Crippen LogP contribution is -2.52. The Morgan fingerprint density at radius 1 is 1.03 bits per heavy atom. The van der Waals surface area contributed by atoms with Crippen LogP contribution in [0, 0.1) is 5.82 Å². The maximum absolute atomic E-state index is 16.0. The van der Waals surface area contributed by atoms with E-state index in [0.29, 0.717) is 54.5 Å². The summed E-state index contributed by atoms with van der Waals surface area (Å²) in [6.45, 7) is 5.57. The molecule has 8 rings (SSSR count). The zero-order chi connectivity index (χ0) is 44.7. The average Bonchev–Trinajstić information content (AvgIpc) is 3.60. The smallest absolute Gasteiger partial charge is 0.293 e. The lowest BCUT2D eigenvalue weighted by Gasteiger charge is -2.41. The second kappa shape index (κ2) is 17.4. The molecule has 4 N–H and O–H groups in total. The van der Waals surface area contributed by atoms with E-state index in [9.17, 15) is 33.9 Å². The quantitative estimate of drug-likeness (QED) is 0.160. The molecule has 4 aliphatic rings. The van der Waals surface area contributed by atoms with E-state index in [4.69, 9.17) is 21.3 Å². The number of carbonyl (C=O) groups is 5. The van der Waals surface area contributed by atoms with Crippen LogP contribution < -0.4 is 36.0 Å². The second-order valence-electron chi connectivity index (χ2n) is 16.6. The predicted octanol–water partition coefficient (Wildman–Crippen LogP) is 2.86. The minimum Gasteiger partial charge on any atom is -0.478 e. The SMILES string of the molecule is CNC(=O)COc1cc2cc(Nc3nc(N4CCN(C(=O)CC5(O)CCN(c6ccc7c(c6F)CN(C6CCC(=O)NC6=O)C7=O)CC5)CC4)ncc3Cl)ccc2n(C(C)C)c1=O. The van der Waals surface area contributed by atoms with Gasteiger partial charge in [0.2, 0.25) is 23.7 Å². The van der Waals surface area contributed by atoms with Gasteiger partial charge in [-0.15, -0.1) is 0 Å². The summed E-state index contributed by atoms with van der Waals surface area (Å²) < 4.78 is 23.2. The van der Waals surface area contributed by atoms with Crippen molar-refractivity contribution in [3.8, 4) is 5.75 Å². The number of rotatable bonds is 11. The summed E-state index contributed by atoms with van der Waals surface area (Å²) in [7, 11) is 1.49. The molecule has 3 saturated heterocycles. The Balaban J connectivity index is 0.863. The molecule has 2 aromatic carbocycles. The van der Waals surface area contributed by atoms with E-state index >= 15 is 4.39 Å². The molecule has 0 radical (unpaired) electrons. The third kappa shape index (κ3) is 8.71. The molecule has 0 bridgehead atoms. The van der Waals surface area contributed by atoms with Gasteiger partial charge >= 0.3 is 0 Å². The lowest BCUT2D eigenvalue weighted by molar-refractivity contribution is -0.138. The number of ether oxygens (including phenoxy) is 1. The van der Waals surface area contributed by atoms with Crippen molar-refractivity contribution in [2.24, 2.45) is 0 Å². The van der Waals surface area contributed by atoms with Gasteiger partial charge in [-0.25, -0.2) is 9.37 Å². The van der Waals surface area contributed by atoms with Gasteiger partial charge in [0.25, 0.3) is 17.4 Å². The number of nitrogens with one attached hydrogen (secondary N) is 3. The zero-order valence-corrected chi connectivity index (χ0v) is 35.8. The summed E-state index contributed by atoms with van der Waals surface area (Å²) in [5.41, 5.74) is 0.344. The van der Waals surface area contributed by atoms with Crippen LogP contribution in [0.1, 0.15) is 67.9 Å². The Labute approximate surface area is 366 Å². The predicted molar refractivity (Wildman–Crippen MR) is 231 cm³/mol. The molecule has 3 fully saturated rings. The number of benzene rings is 2. The molecule has 0 aliphatic carbocycles. The fourth-order valence-corrected chi connectivity index (χ4v) is 8.83. The highest BCUT2D eigenvalue weighted by Gasteiger charge is 2.42. The second-order valence-corrected chi connectivity index (χ2v) is 17.0. The van der Waals surface area contributed by atoms with Crippen LogP contribution in [0.15, 0.2) is 47.4 Å². The van der Waals surface area contributed by atoms with E-state index in [2.05, 4.69) is 20.9 Å². The van der Waals surface area contributed by atoms with Gasteiger partial charge in [0.05, 0.1) is 36.0 Å². The van der Waals surface area contributed by atoms with Gasteiger partial charge in [-0.1, -0.05) is 11.6 Å². The third-order valence-electron chi connectivity index (χ3n) is 12.2. The topological polar surface area (TPSA) is 212 Å². The Morgan fingerprint density at radius 3 is 2.48 bits per heavy atom. The number of hydrogen-bond donors (Lipinski definition) is 4. The molecule has 5 amide bonds. The molecule has 2 aromatic heterocycles. The maximum Gasteiger partial charge on any atom is 0.293 e. The number of amides is 5. The van der Waals surface area contributed by atoms with Gasteiger partial charge < -0.3 is 44.6 Å². The van der Waals surface area contributed by atoms with Crippen molar-refractivity contribution in [1.82, 2.24) is 35.0 Å². The van der Waals surface area contributed by atoms with Crippen molar-refractivity contribution in [2.75, 3.05) is 68.0 Å². The molecule has 63 heavy (non-hydrogen) atoms. The molecule has 1 unspecified atom stereocenters. The number of hydrogen-bond acceptors (Lipinski definition) is 13. The van der Waals surface area contributed by atoms with Gasteiger partial charge in [0, 0.05) is 81.0 Å². The fourth-order valence-electron chi connectivity index (χ4n) is 8.69. The van der Waals surface area contributed by atoms with Gasteiger partial charge in [-0.05, 0) is 69.5 Å². The van der Waals surface area contributed by atoms with Crippen LogP contribution in [0.3, 0.4) is 0 Å². The number of fused-ring (bicyclic) bond motifs is 2. The molecule has 0 spiro atoms. The number of piperidine rings is 2. The molecule has 6 heterocycles. The van der Waals surface area contributed by atoms with E-state index in [0.717, 1.165) is 0 Å². The molecule has 332 valence electrons. The lowest BCUT2D eigenvalue weighted by atomic mass is 9.87. The van der Waals surface area contributed by atoms with Crippen molar-refractivity contribution in [2.45, 2.75) is 70.2 Å². The number of carbonyl (C=O) groups excluding carboxylic acids is 5. The van der Waals surface area contributed by atoms with E-state index < -0.39 is 35.2 Å².